The molecule has 1 aromatic heterocycles. The first-order valence-electron chi connectivity index (χ1n) is 8.82. The number of imidazole rings is 1. The van der Waals surface area contributed by atoms with Crippen molar-refractivity contribution in [2.75, 3.05) is 26.2 Å². The van der Waals surface area contributed by atoms with Gasteiger partial charge in [0.25, 0.3) is 0 Å². The number of aromatic nitrogens is 2. The molecular weight excluding hydrogens is 328 g/mol. The van der Waals surface area contributed by atoms with Crippen molar-refractivity contribution in [3.05, 3.63) is 18.2 Å². The average Bonchev–Trinajstić information content (AvgIpc) is 3.14. The van der Waals surface area contributed by atoms with Crippen LogP contribution in [0.15, 0.2) is 12.4 Å². The van der Waals surface area contributed by atoms with Crippen molar-refractivity contribution in [1.29, 1.82) is 0 Å². The van der Waals surface area contributed by atoms with Crippen LogP contribution in [0, 0.1) is 5.41 Å². The number of rotatable bonds is 4. The van der Waals surface area contributed by atoms with E-state index in [1.54, 1.807) is 0 Å². The van der Waals surface area contributed by atoms with Crippen LogP contribution in [-0.4, -0.2) is 63.5 Å². The molecule has 1 amide bonds. The van der Waals surface area contributed by atoms with Crippen LogP contribution < -0.4 is 5.32 Å². The third kappa shape index (κ3) is 4.00. The minimum Gasteiger partial charge on any atom is -0.351 e. The van der Waals surface area contributed by atoms with E-state index in [4.69, 9.17) is 0 Å². The Kier molecular flexibility index (Phi) is 5.11. The van der Waals surface area contributed by atoms with Gasteiger partial charge in [-0.2, -0.15) is 8.78 Å². The van der Waals surface area contributed by atoms with Crippen LogP contribution in [-0.2, 0) is 11.3 Å². The van der Waals surface area contributed by atoms with Gasteiger partial charge in [0.2, 0.25) is 5.91 Å². The standard InChI is InChI=1S/C17H27F2N5O/c1-17(2,3)13-10-12(15(25)21-13)23-8-6-22(7-9-23)11-14-20-4-5-24(14)16(18)19/h4-5,12-13,16H,6-11H2,1-3H3,(H,21,25)/t12-,13-/m0/s1. The number of halogens is 2. The van der Waals surface area contributed by atoms with Crippen LogP contribution >= 0.6 is 0 Å². The first-order valence-corrected chi connectivity index (χ1v) is 8.82. The van der Waals surface area contributed by atoms with E-state index in [-0.39, 0.29) is 23.4 Å². The van der Waals surface area contributed by atoms with Crippen LogP contribution in [0.1, 0.15) is 39.6 Å². The van der Waals surface area contributed by atoms with Crippen molar-refractivity contribution in [1.82, 2.24) is 24.7 Å². The maximum absolute atomic E-state index is 12.9. The van der Waals surface area contributed by atoms with Crippen LogP contribution in [0.25, 0.3) is 0 Å². The second-order valence-corrected chi connectivity index (χ2v) is 8.02. The van der Waals surface area contributed by atoms with Crippen LogP contribution in [0.5, 0.6) is 0 Å². The molecule has 1 N–H and O–H groups in total. The van der Waals surface area contributed by atoms with Gasteiger partial charge in [-0.15, -0.1) is 0 Å². The molecule has 2 atom stereocenters. The normalized spacial score (nSPS) is 26.4. The molecule has 25 heavy (non-hydrogen) atoms. The Morgan fingerprint density at radius 1 is 1.28 bits per heavy atom. The lowest BCUT2D eigenvalue weighted by Gasteiger charge is -2.37. The van der Waals surface area contributed by atoms with E-state index < -0.39 is 6.55 Å². The zero-order valence-corrected chi connectivity index (χ0v) is 15.1. The number of carbonyl (C=O) groups is 1. The summed E-state index contributed by atoms with van der Waals surface area (Å²) in [7, 11) is 0. The second kappa shape index (κ2) is 6.99. The summed E-state index contributed by atoms with van der Waals surface area (Å²) >= 11 is 0. The maximum Gasteiger partial charge on any atom is 0.319 e. The van der Waals surface area contributed by atoms with Gasteiger partial charge in [-0.1, -0.05) is 20.8 Å². The Balaban J connectivity index is 1.54. The van der Waals surface area contributed by atoms with Gasteiger partial charge < -0.3 is 5.32 Å². The average molecular weight is 355 g/mol. The lowest BCUT2D eigenvalue weighted by atomic mass is 9.85. The Labute approximate surface area is 147 Å². The number of nitrogens with one attached hydrogen (secondary N) is 1. The van der Waals surface area contributed by atoms with Gasteiger partial charge in [-0.25, -0.2) is 4.98 Å². The molecule has 0 radical (unpaired) electrons. The summed E-state index contributed by atoms with van der Waals surface area (Å²) in [6.45, 7) is 7.31. The van der Waals surface area contributed by atoms with Crippen molar-refractivity contribution in [3.8, 4) is 0 Å². The number of alkyl halides is 2. The third-order valence-corrected chi connectivity index (χ3v) is 5.30. The fourth-order valence-electron chi connectivity index (χ4n) is 3.62. The van der Waals surface area contributed by atoms with Crippen molar-refractivity contribution in [2.45, 2.75) is 52.4 Å². The van der Waals surface area contributed by atoms with E-state index in [2.05, 4.69) is 40.9 Å². The minimum absolute atomic E-state index is 0.0541. The molecule has 0 unspecified atom stereocenters. The smallest absolute Gasteiger partial charge is 0.319 e. The van der Waals surface area contributed by atoms with E-state index in [9.17, 15) is 13.6 Å². The van der Waals surface area contributed by atoms with Gasteiger partial charge >= 0.3 is 6.55 Å². The Morgan fingerprint density at radius 2 is 1.96 bits per heavy atom. The number of hydrogen-bond acceptors (Lipinski definition) is 4. The molecule has 0 saturated carbocycles. The van der Waals surface area contributed by atoms with Crippen molar-refractivity contribution < 1.29 is 13.6 Å². The summed E-state index contributed by atoms with van der Waals surface area (Å²) in [6, 6.07) is 0.121. The lowest BCUT2D eigenvalue weighted by Crippen LogP contribution is -2.52. The molecule has 2 fully saturated rings. The molecule has 0 aliphatic carbocycles. The second-order valence-electron chi connectivity index (χ2n) is 8.02. The van der Waals surface area contributed by atoms with Gasteiger partial charge in [0.1, 0.15) is 5.82 Å². The summed E-state index contributed by atoms with van der Waals surface area (Å²) in [4.78, 5) is 20.7. The molecule has 8 heteroatoms. The quantitative estimate of drug-likeness (QED) is 0.893. The summed E-state index contributed by atoms with van der Waals surface area (Å²) in [6.07, 6.45) is 3.55. The molecule has 1 aromatic rings. The summed E-state index contributed by atoms with van der Waals surface area (Å²) < 4.78 is 26.7. The molecule has 0 spiro atoms. The Morgan fingerprint density at radius 3 is 2.52 bits per heavy atom. The monoisotopic (exact) mass is 355 g/mol. The molecule has 2 aliphatic rings. The fraction of sp³-hybridized carbons (Fsp3) is 0.765. The van der Waals surface area contributed by atoms with E-state index in [0.29, 0.717) is 12.4 Å². The first-order chi connectivity index (χ1) is 11.8. The summed E-state index contributed by atoms with van der Waals surface area (Å²) in [5.74, 6) is 0.497. The zero-order chi connectivity index (χ0) is 18.2. The molecule has 6 nitrogen and oxygen atoms in total. The number of nitrogens with zero attached hydrogens (tertiary/aromatic N) is 4. The van der Waals surface area contributed by atoms with E-state index in [1.807, 2.05) is 0 Å². The number of piperazine rings is 1. The number of amides is 1. The van der Waals surface area contributed by atoms with E-state index in [1.165, 1.54) is 12.4 Å². The first kappa shape index (κ1) is 18.3. The molecule has 3 heterocycles. The van der Waals surface area contributed by atoms with Gasteiger partial charge in [0, 0.05) is 44.6 Å². The molecule has 3 rings (SSSR count). The van der Waals surface area contributed by atoms with Crippen LogP contribution in [0.3, 0.4) is 0 Å². The predicted molar refractivity (Wildman–Crippen MR) is 90.1 cm³/mol. The number of hydrogen-bond donors (Lipinski definition) is 1. The highest BCUT2D eigenvalue weighted by Crippen LogP contribution is 2.29. The molecule has 2 aliphatic heterocycles. The van der Waals surface area contributed by atoms with Crippen LogP contribution in [0.4, 0.5) is 8.78 Å². The highest BCUT2D eigenvalue weighted by atomic mass is 19.3. The molecule has 2 saturated heterocycles. The minimum atomic E-state index is -2.56. The number of carbonyl (C=O) groups excluding carboxylic acids is 1. The Hall–Kier alpha value is -1.54. The fourth-order valence-corrected chi connectivity index (χ4v) is 3.62. The Bertz CT molecular complexity index is 604. The highest BCUT2D eigenvalue weighted by Gasteiger charge is 2.41. The van der Waals surface area contributed by atoms with Gasteiger partial charge in [-0.05, 0) is 11.8 Å². The van der Waals surface area contributed by atoms with Gasteiger partial charge in [0.15, 0.2) is 0 Å². The lowest BCUT2D eigenvalue weighted by molar-refractivity contribution is -0.124. The SMILES string of the molecule is CC(C)(C)[C@@H]1C[C@H](N2CCN(Cc3nccn3C(F)F)CC2)C(=O)N1. The van der Waals surface area contributed by atoms with Crippen molar-refractivity contribution in [2.24, 2.45) is 5.41 Å². The molecule has 140 valence electrons. The zero-order valence-electron chi connectivity index (χ0n) is 15.1. The third-order valence-electron chi connectivity index (χ3n) is 5.30. The van der Waals surface area contributed by atoms with Gasteiger partial charge in [-0.3, -0.25) is 19.2 Å². The van der Waals surface area contributed by atoms with Gasteiger partial charge in [0.05, 0.1) is 12.6 Å². The van der Waals surface area contributed by atoms with E-state index in [0.717, 1.165) is 37.2 Å². The largest absolute Gasteiger partial charge is 0.351 e. The molecular formula is C17H27F2N5O. The van der Waals surface area contributed by atoms with Crippen molar-refractivity contribution in [3.63, 3.8) is 0 Å². The molecule has 0 aromatic carbocycles. The van der Waals surface area contributed by atoms with Crippen molar-refractivity contribution >= 4 is 5.91 Å². The van der Waals surface area contributed by atoms with Crippen LogP contribution in [0.2, 0.25) is 0 Å². The summed E-state index contributed by atoms with van der Waals surface area (Å²) in [5, 5.41) is 3.12. The maximum atomic E-state index is 12.9. The predicted octanol–water partition coefficient (Wildman–Crippen LogP) is 1.70. The topological polar surface area (TPSA) is 53.4 Å². The van der Waals surface area contributed by atoms with E-state index >= 15 is 0 Å². The summed E-state index contributed by atoms with van der Waals surface area (Å²) in [5.41, 5.74) is 0.0541. The molecule has 0 bridgehead atoms. The highest BCUT2D eigenvalue weighted by molar-refractivity contribution is 5.84.